The van der Waals surface area contributed by atoms with E-state index < -0.39 is 12.1 Å². The van der Waals surface area contributed by atoms with Crippen molar-refractivity contribution in [2.75, 3.05) is 18.8 Å². The van der Waals surface area contributed by atoms with Gasteiger partial charge >= 0.3 is 12.1 Å². The number of alkyl halides is 3. The lowest BCUT2D eigenvalue weighted by Gasteiger charge is -2.38. The van der Waals surface area contributed by atoms with Gasteiger partial charge in [-0.15, -0.1) is 0 Å². The third kappa shape index (κ3) is 2.52. The second-order valence-electron chi connectivity index (χ2n) is 2.79. The van der Waals surface area contributed by atoms with Gasteiger partial charge in [0.05, 0.1) is 0 Å². The van der Waals surface area contributed by atoms with Crippen LogP contribution in [0.4, 0.5) is 13.2 Å². The highest BCUT2D eigenvalue weighted by Gasteiger charge is 2.46. The van der Waals surface area contributed by atoms with Crippen LogP contribution >= 0.6 is 11.8 Å². The van der Waals surface area contributed by atoms with E-state index in [0.717, 1.165) is 10.7 Å². The van der Waals surface area contributed by atoms with E-state index in [1.54, 1.807) is 11.8 Å². The Labute approximate surface area is 78.5 Å². The summed E-state index contributed by atoms with van der Waals surface area (Å²) in [5.74, 6) is -0.834. The van der Waals surface area contributed by atoms with E-state index in [-0.39, 0.29) is 18.3 Å². The van der Waals surface area contributed by atoms with Crippen LogP contribution < -0.4 is 0 Å². The average Bonchev–Trinajstić information content (AvgIpc) is 1.92. The SMILES string of the molecule is CCSC1CN(C(=O)C(F)(F)F)C1. The number of nitrogens with zero attached hydrogens (tertiary/aromatic N) is 1. The Morgan fingerprint density at radius 3 is 2.46 bits per heavy atom. The van der Waals surface area contributed by atoms with Crippen molar-refractivity contribution in [2.24, 2.45) is 0 Å². The Morgan fingerprint density at radius 2 is 2.08 bits per heavy atom. The molecule has 1 heterocycles. The lowest BCUT2D eigenvalue weighted by molar-refractivity contribution is -0.188. The van der Waals surface area contributed by atoms with Crippen LogP contribution in [0.2, 0.25) is 0 Å². The average molecular weight is 213 g/mol. The van der Waals surface area contributed by atoms with Crippen molar-refractivity contribution in [1.29, 1.82) is 0 Å². The molecule has 0 saturated carbocycles. The van der Waals surface area contributed by atoms with E-state index in [1.807, 2.05) is 6.92 Å². The highest BCUT2D eigenvalue weighted by atomic mass is 32.2. The van der Waals surface area contributed by atoms with E-state index in [1.165, 1.54) is 0 Å². The summed E-state index contributed by atoms with van der Waals surface area (Å²) in [4.78, 5) is 11.4. The second-order valence-corrected chi connectivity index (χ2v) is 4.36. The number of carbonyl (C=O) groups is 1. The molecule has 0 radical (unpaired) electrons. The normalized spacial score (nSPS) is 18.6. The van der Waals surface area contributed by atoms with Crippen molar-refractivity contribution >= 4 is 17.7 Å². The van der Waals surface area contributed by atoms with Crippen molar-refractivity contribution in [3.8, 4) is 0 Å². The number of carbonyl (C=O) groups excluding carboxylic acids is 1. The summed E-state index contributed by atoms with van der Waals surface area (Å²) in [6, 6.07) is 0. The molecule has 2 nitrogen and oxygen atoms in total. The number of hydrogen-bond acceptors (Lipinski definition) is 2. The molecule has 0 aromatic heterocycles. The molecule has 0 aromatic rings. The molecule has 6 heteroatoms. The predicted octanol–water partition coefficient (Wildman–Crippen LogP) is 1.51. The first kappa shape index (κ1) is 10.7. The van der Waals surface area contributed by atoms with Crippen molar-refractivity contribution < 1.29 is 18.0 Å². The molecule has 0 N–H and O–H groups in total. The third-order valence-corrected chi connectivity index (χ3v) is 2.88. The fraction of sp³-hybridized carbons (Fsp3) is 0.857. The monoisotopic (exact) mass is 213 g/mol. The zero-order chi connectivity index (χ0) is 10.1. The molecule has 13 heavy (non-hydrogen) atoms. The van der Waals surface area contributed by atoms with Gasteiger partial charge in [0.25, 0.3) is 0 Å². The maximum atomic E-state index is 11.8. The molecule has 1 rings (SSSR count). The molecule has 0 aliphatic carbocycles. The number of rotatable bonds is 2. The summed E-state index contributed by atoms with van der Waals surface area (Å²) in [5.41, 5.74) is 0. The van der Waals surface area contributed by atoms with Crippen LogP contribution in [0, 0.1) is 0 Å². The Hall–Kier alpha value is -0.390. The largest absolute Gasteiger partial charge is 0.471 e. The van der Waals surface area contributed by atoms with Gasteiger partial charge in [-0.05, 0) is 5.75 Å². The van der Waals surface area contributed by atoms with Gasteiger partial charge in [0, 0.05) is 18.3 Å². The molecule has 0 bridgehead atoms. The van der Waals surface area contributed by atoms with Crippen molar-refractivity contribution in [3.05, 3.63) is 0 Å². The lowest BCUT2D eigenvalue weighted by atomic mass is 10.2. The highest BCUT2D eigenvalue weighted by Crippen LogP contribution is 2.27. The van der Waals surface area contributed by atoms with Crippen LogP contribution in [-0.2, 0) is 4.79 Å². The van der Waals surface area contributed by atoms with Crippen LogP contribution in [-0.4, -0.2) is 41.1 Å². The predicted molar refractivity (Wildman–Crippen MR) is 44.6 cm³/mol. The molecule has 1 amide bonds. The summed E-state index contributed by atoms with van der Waals surface area (Å²) in [6.45, 7) is 2.41. The topological polar surface area (TPSA) is 20.3 Å². The zero-order valence-corrected chi connectivity index (χ0v) is 7.91. The first-order chi connectivity index (χ1) is 5.95. The molecular formula is C7H10F3NOS. The minimum atomic E-state index is -4.71. The molecule has 1 saturated heterocycles. The summed E-state index contributed by atoms with van der Waals surface area (Å²) < 4.78 is 35.5. The van der Waals surface area contributed by atoms with Crippen LogP contribution in [0.3, 0.4) is 0 Å². The number of halogens is 3. The number of hydrogen-bond donors (Lipinski definition) is 0. The quantitative estimate of drug-likeness (QED) is 0.693. The minimum absolute atomic E-state index is 0.191. The van der Waals surface area contributed by atoms with E-state index in [4.69, 9.17) is 0 Å². The van der Waals surface area contributed by atoms with Crippen molar-refractivity contribution in [3.63, 3.8) is 0 Å². The van der Waals surface area contributed by atoms with E-state index in [0.29, 0.717) is 0 Å². The van der Waals surface area contributed by atoms with Gasteiger partial charge in [0.2, 0.25) is 0 Å². The third-order valence-electron chi connectivity index (χ3n) is 1.78. The highest BCUT2D eigenvalue weighted by molar-refractivity contribution is 8.00. The molecule has 76 valence electrons. The molecule has 0 atom stereocenters. The van der Waals surface area contributed by atoms with Crippen LogP contribution in [0.15, 0.2) is 0 Å². The summed E-state index contributed by atoms with van der Waals surface area (Å²) in [6.07, 6.45) is -4.71. The fourth-order valence-corrected chi connectivity index (χ4v) is 2.17. The van der Waals surface area contributed by atoms with Crippen LogP contribution in [0.1, 0.15) is 6.92 Å². The molecule has 0 unspecified atom stereocenters. The molecule has 1 fully saturated rings. The van der Waals surface area contributed by atoms with E-state index in [2.05, 4.69) is 0 Å². The Bertz CT molecular complexity index is 200. The van der Waals surface area contributed by atoms with E-state index >= 15 is 0 Å². The maximum Gasteiger partial charge on any atom is 0.471 e. The fourth-order valence-electron chi connectivity index (χ4n) is 1.12. The zero-order valence-electron chi connectivity index (χ0n) is 7.10. The number of amides is 1. The van der Waals surface area contributed by atoms with Crippen molar-refractivity contribution in [1.82, 2.24) is 4.90 Å². The van der Waals surface area contributed by atoms with Gasteiger partial charge < -0.3 is 4.90 Å². The molecule has 0 aromatic carbocycles. The standard InChI is InChI=1S/C7H10F3NOS/c1-2-13-5-3-11(4-5)6(12)7(8,9)10/h5H,2-4H2,1H3. The first-order valence-electron chi connectivity index (χ1n) is 3.93. The molecule has 0 spiro atoms. The lowest BCUT2D eigenvalue weighted by Crippen LogP contribution is -2.56. The maximum absolute atomic E-state index is 11.8. The first-order valence-corrected chi connectivity index (χ1v) is 4.97. The summed E-state index contributed by atoms with van der Waals surface area (Å²) in [7, 11) is 0. The van der Waals surface area contributed by atoms with Crippen molar-refractivity contribution in [2.45, 2.75) is 18.3 Å². The number of thioether (sulfide) groups is 1. The van der Waals surface area contributed by atoms with Gasteiger partial charge in [-0.2, -0.15) is 24.9 Å². The second kappa shape index (κ2) is 3.77. The van der Waals surface area contributed by atoms with Gasteiger partial charge in [-0.1, -0.05) is 6.92 Å². The van der Waals surface area contributed by atoms with Gasteiger partial charge in [0.15, 0.2) is 0 Å². The summed E-state index contributed by atoms with van der Waals surface area (Å²) >= 11 is 1.59. The minimum Gasteiger partial charge on any atom is -0.333 e. The van der Waals surface area contributed by atoms with Crippen LogP contribution in [0.5, 0.6) is 0 Å². The van der Waals surface area contributed by atoms with Gasteiger partial charge in [-0.3, -0.25) is 4.79 Å². The number of likely N-dealkylation sites (tertiary alicyclic amines) is 1. The van der Waals surface area contributed by atoms with Gasteiger partial charge in [-0.25, -0.2) is 0 Å². The molecular weight excluding hydrogens is 203 g/mol. The van der Waals surface area contributed by atoms with Gasteiger partial charge in [0.1, 0.15) is 0 Å². The van der Waals surface area contributed by atoms with Crippen LogP contribution in [0.25, 0.3) is 0 Å². The smallest absolute Gasteiger partial charge is 0.333 e. The van der Waals surface area contributed by atoms with E-state index in [9.17, 15) is 18.0 Å². The molecule has 1 aliphatic heterocycles. The Kier molecular flexibility index (Phi) is 3.10. The Morgan fingerprint density at radius 1 is 1.54 bits per heavy atom. The summed E-state index contributed by atoms with van der Waals surface area (Å²) in [5, 5.41) is 0.191. The Balaban J connectivity index is 2.31. The molecule has 1 aliphatic rings.